The summed E-state index contributed by atoms with van der Waals surface area (Å²) in [5.74, 6) is 3.52. The summed E-state index contributed by atoms with van der Waals surface area (Å²) in [6.45, 7) is 9.66. The molecule has 0 saturated heterocycles. The molecule has 3 heteroatoms. The highest BCUT2D eigenvalue weighted by Gasteiger charge is 2.26. The topological polar surface area (TPSA) is 37.8 Å². The van der Waals surface area contributed by atoms with Gasteiger partial charge in [0.15, 0.2) is 0 Å². The lowest BCUT2D eigenvalue weighted by atomic mass is 10.0. The Labute approximate surface area is 110 Å². The summed E-state index contributed by atoms with van der Waals surface area (Å²) >= 11 is 0. The van der Waals surface area contributed by atoms with Gasteiger partial charge in [-0.25, -0.2) is 9.97 Å². The molecule has 1 aromatic heterocycles. The molecule has 1 aromatic rings. The fourth-order valence-corrected chi connectivity index (χ4v) is 2.98. The van der Waals surface area contributed by atoms with Crippen LogP contribution >= 0.6 is 0 Å². The first-order chi connectivity index (χ1) is 8.65. The minimum Gasteiger partial charge on any atom is -0.370 e. The zero-order valence-electron chi connectivity index (χ0n) is 12.1. The number of rotatable bonds is 4. The Morgan fingerprint density at radius 3 is 2.56 bits per heavy atom. The van der Waals surface area contributed by atoms with Crippen LogP contribution in [0.4, 0.5) is 5.82 Å². The predicted molar refractivity (Wildman–Crippen MR) is 76.1 cm³/mol. The van der Waals surface area contributed by atoms with Crippen LogP contribution in [0.5, 0.6) is 0 Å². The van der Waals surface area contributed by atoms with E-state index in [1.165, 1.54) is 24.8 Å². The van der Waals surface area contributed by atoms with Crippen LogP contribution in [-0.2, 0) is 6.42 Å². The Bertz CT molecular complexity index is 414. The highest BCUT2D eigenvalue weighted by atomic mass is 15.0. The summed E-state index contributed by atoms with van der Waals surface area (Å²) < 4.78 is 0. The van der Waals surface area contributed by atoms with Crippen molar-refractivity contribution in [1.29, 1.82) is 0 Å². The lowest BCUT2D eigenvalue weighted by Crippen LogP contribution is -2.11. The van der Waals surface area contributed by atoms with E-state index in [2.05, 4.69) is 33.0 Å². The van der Waals surface area contributed by atoms with Crippen molar-refractivity contribution in [1.82, 2.24) is 9.97 Å². The van der Waals surface area contributed by atoms with Crippen molar-refractivity contribution < 1.29 is 0 Å². The van der Waals surface area contributed by atoms with Crippen molar-refractivity contribution in [2.45, 2.75) is 59.3 Å². The summed E-state index contributed by atoms with van der Waals surface area (Å²) in [5, 5.41) is 3.39. The fourth-order valence-electron chi connectivity index (χ4n) is 2.98. The highest BCUT2D eigenvalue weighted by Crippen LogP contribution is 2.37. The molecule has 1 aliphatic rings. The second kappa shape index (κ2) is 5.68. The van der Waals surface area contributed by atoms with Gasteiger partial charge in [0.1, 0.15) is 11.6 Å². The Morgan fingerprint density at radius 2 is 2.00 bits per heavy atom. The van der Waals surface area contributed by atoms with E-state index in [-0.39, 0.29) is 0 Å². The number of hydrogen-bond acceptors (Lipinski definition) is 3. The van der Waals surface area contributed by atoms with Crippen LogP contribution in [0.15, 0.2) is 0 Å². The van der Waals surface area contributed by atoms with E-state index in [4.69, 9.17) is 9.97 Å². The third-order valence-corrected chi connectivity index (χ3v) is 3.99. The number of nitrogens with one attached hydrogen (secondary N) is 1. The molecule has 0 amide bonds. The van der Waals surface area contributed by atoms with Gasteiger partial charge < -0.3 is 5.32 Å². The molecule has 1 N–H and O–H groups in total. The minimum atomic E-state index is 0.571. The molecule has 18 heavy (non-hydrogen) atoms. The van der Waals surface area contributed by atoms with Gasteiger partial charge in [-0.1, -0.05) is 13.8 Å². The third kappa shape index (κ3) is 2.65. The lowest BCUT2D eigenvalue weighted by Gasteiger charge is -2.15. The molecule has 1 saturated carbocycles. The maximum Gasteiger partial charge on any atom is 0.134 e. The van der Waals surface area contributed by atoms with Gasteiger partial charge >= 0.3 is 0 Å². The summed E-state index contributed by atoms with van der Waals surface area (Å²) in [6.07, 6.45) is 4.81. The van der Waals surface area contributed by atoms with Gasteiger partial charge in [0.2, 0.25) is 0 Å². The van der Waals surface area contributed by atoms with Crippen LogP contribution in [0, 0.1) is 12.8 Å². The summed E-state index contributed by atoms with van der Waals surface area (Å²) in [7, 11) is 0. The molecule has 1 fully saturated rings. The van der Waals surface area contributed by atoms with Crippen LogP contribution < -0.4 is 5.32 Å². The maximum absolute atomic E-state index is 4.79. The SMILES string of the molecule is CCNc1nc(C2CCC(C)C2)nc(C)c1CC. The van der Waals surface area contributed by atoms with Crippen LogP contribution in [0.25, 0.3) is 0 Å². The van der Waals surface area contributed by atoms with Crippen molar-refractivity contribution in [3.05, 3.63) is 17.1 Å². The predicted octanol–water partition coefficient (Wildman–Crippen LogP) is 3.68. The van der Waals surface area contributed by atoms with E-state index in [0.29, 0.717) is 5.92 Å². The molecule has 0 aromatic carbocycles. The fraction of sp³-hybridized carbons (Fsp3) is 0.733. The van der Waals surface area contributed by atoms with Gasteiger partial charge in [0.05, 0.1) is 0 Å². The normalized spacial score (nSPS) is 23.3. The van der Waals surface area contributed by atoms with Gasteiger partial charge in [-0.15, -0.1) is 0 Å². The molecule has 100 valence electrons. The van der Waals surface area contributed by atoms with E-state index in [0.717, 1.165) is 36.2 Å². The Kier molecular flexibility index (Phi) is 4.20. The second-order valence-corrected chi connectivity index (χ2v) is 5.49. The first-order valence-electron chi connectivity index (χ1n) is 7.26. The van der Waals surface area contributed by atoms with Crippen molar-refractivity contribution in [2.75, 3.05) is 11.9 Å². The van der Waals surface area contributed by atoms with Crippen LogP contribution in [0.2, 0.25) is 0 Å². The zero-order valence-corrected chi connectivity index (χ0v) is 12.1. The van der Waals surface area contributed by atoms with Gasteiger partial charge in [-0.3, -0.25) is 0 Å². The smallest absolute Gasteiger partial charge is 0.134 e. The van der Waals surface area contributed by atoms with Crippen molar-refractivity contribution in [3.63, 3.8) is 0 Å². The first kappa shape index (κ1) is 13.3. The minimum absolute atomic E-state index is 0.571. The van der Waals surface area contributed by atoms with Crippen molar-refractivity contribution in [2.24, 2.45) is 5.92 Å². The molecule has 2 rings (SSSR count). The summed E-state index contributed by atoms with van der Waals surface area (Å²) in [5.41, 5.74) is 2.42. The summed E-state index contributed by atoms with van der Waals surface area (Å²) in [6, 6.07) is 0. The van der Waals surface area contributed by atoms with Crippen molar-refractivity contribution >= 4 is 5.82 Å². The molecule has 0 bridgehead atoms. The number of nitrogens with zero attached hydrogens (tertiary/aromatic N) is 2. The average Bonchev–Trinajstić information content (AvgIpc) is 2.76. The Morgan fingerprint density at radius 1 is 1.22 bits per heavy atom. The molecule has 0 spiro atoms. The largest absolute Gasteiger partial charge is 0.370 e. The zero-order chi connectivity index (χ0) is 13.1. The number of aromatic nitrogens is 2. The average molecular weight is 247 g/mol. The molecular formula is C15H25N3. The monoisotopic (exact) mass is 247 g/mol. The molecular weight excluding hydrogens is 222 g/mol. The molecule has 1 aliphatic carbocycles. The van der Waals surface area contributed by atoms with E-state index in [9.17, 15) is 0 Å². The lowest BCUT2D eigenvalue weighted by molar-refractivity contribution is 0.584. The van der Waals surface area contributed by atoms with E-state index >= 15 is 0 Å². The molecule has 1 heterocycles. The first-order valence-corrected chi connectivity index (χ1v) is 7.26. The molecule has 3 nitrogen and oxygen atoms in total. The Balaban J connectivity index is 2.31. The van der Waals surface area contributed by atoms with Crippen LogP contribution in [0.3, 0.4) is 0 Å². The molecule has 0 aliphatic heterocycles. The van der Waals surface area contributed by atoms with E-state index < -0.39 is 0 Å². The summed E-state index contributed by atoms with van der Waals surface area (Å²) in [4.78, 5) is 9.54. The number of aryl methyl sites for hydroxylation is 1. The Hall–Kier alpha value is -1.12. The highest BCUT2D eigenvalue weighted by molar-refractivity contribution is 5.46. The molecule has 2 atom stereocenters. The standard InChI is InChI=1S/C15H25N3/c1-5-13-11(4)17-14(18-15(13)16-6-2)12-8-7-10(3)9-12/h10,12H,5-9H2,1-4H3,(H,16,17,18). The quantitative estimate of drug-likeness (QED) is 0.882. The molecule has 0 radical (unpaired) electrons. The van der Waals surface area contributed by atoms with Crippen LogP contribution in [-0.4, -0.2) is 16.5 Å². The number of hydrogen-bond donors (Lipinski definition) is 1. The number of anilines is 1. The molecule has 2 unspecified atom stereocenters. The maximum atomic E-state index is 4.79. The van der Waals surface area contributed by atoms with Gasteiger partial charge in [-0.05, 0) is 45.4 Å². The van der Waals surface area contributed by atoms with Crippen LogP contribution in [0.1, 0.15) is 63.0 Å². The van der Waals surface area contributed by atoms with Crippen molar-refractivity contribution in [3.8, 4) is 0 Å². The third-order valence-electron chi connectivity index (χ3n) is 3.99. The van der Waals surface area contributed by atoms with Gasteiger partial charge in [-0.2, -0.15) is 0 Å². The van der Waals surface area contributed by atoms with Gasteiger partial charge in [0.25, 0.3) is 0 Å². The van der Waals surface area contributed by atoms with Gasteiger partial charge in [0, 0.05) is 23.7 Å². The second-order valence-electron chi connectivity index (χ2n) is 5.49. The van der Waals surface area contributed by atoms with E-state index in [1.807, 2.05) is 0 Å². The van der Waals surface area contributed by atoms with E-state index in [1.54, 1.807) is 0 Å².